The first-order valence-corrected chi connectivity index (χ1v) is 8.38. The number of ether oxygens (including phenoxy) is 1. The summed E-state index contributed by atoms with van der Waals surface area (Å²) in [5.74, 6) is 0. The molecule has 1 aromatic rings. The third-order valence-electron chi connectivity index (χ3n) is 3.24. The van der Waals surface area contributed by atoms with Crippen LogP contribution < -0.4 is 0 Å². The average molecular weight is 341 g/mol. The third-order valence-corrected chi connectivity index (χ3v) is 4.92. The number of amides is 1. The van der Waals surface area contributed by atoms with E-state index < -0.39 is 32.7 Å². The Kier molecular flexibility index (Phi) is 4.98. The normalized spacial score (nSPS) is 19.4. The Morgan fingerprint density at radius 1 is 1.52 bits per heavy atom. The number of carbonyl (C=O) groups is 1. The number of hydrogen-bond donors (Lipinski definition) is 0. The van der Waals surface area contributed by atoms with Gasteiger partial charge < -0.3 is 9.64 Å². The van der Waals surface area contributed by atoms with Crippen LogP contribution in [0.25, 0.3) is 0 Å². The molecule has 1 aliphatic heterocycles. The Bertz CT molecular complexity index is 644. The molecule has 0 spiro atoms. The lowest BCUT2D eigenvalue weighted by Gasteiger charge is -2.24. The molecule has 0 radical (unpaired) electrons. The van der Waals surface area contributed by atoms with E-state index in [4.69, 9.17) is 4.74 Å². The van der Waals surface area contributed by atoms with Crippen molar-refractivity contribution in [1.82, 2.24) is 9.88 Å². The summed E-state index contributed by atoms with van der Waals surface area (Å²) < 4.78 is 17.9. The molecule has 2 atom stereocenters. The quantitative estimate of drug-likeness (QED) is 0.616. The van der Waals surface area contributed by atoms with Crippen LogP contribution in [-0.4, -0.2) is 49.0 Å². The van der Waals surface area contributed by atoms with Gasteiger partial charge in [0.05, 0.1) is 21.0 Å². The molecule has 2 heterocycles. The standard InChI is InChI=1S/C14H19N3O5S/c1-14(2,3)22-13(18)16-8-6-10(9-16)23(21)12-11(17(19)20)5-4-7-15-12/h4-5,7,10H,6,8-9H2,1-3H3. The van der Waals surface area contributed by atoms with Gasteiger partial charge in [0.15, 0.2) is 0 Å². The maximum absolute atomic E-state index is 12.6. The van der Waals surface area contributed by atoms with E-state index in [0.717, 1.165) is 0 Å². The Labute approximate surface area is 136 Å². The van der Waals surface area contributed by atoms with Gasteiger partial charge in [0.2, 0.25) is 5.03 Å². The van der Waals surface area contributed by atoms with E-state index in [1.54, 1.807) is 20.8 Å². The first kappa shape index (κ1) is 17.3. The molecule has 23 heavy (non-hydrogen) atoms. The number of nitro groups is 1. The molecule has 0 saturated carbocycles. The second-order valence-electron chi connectivity index (χ2n) is 6.22. The molecule has 0 aliphatic carbocycles. The van der Waals surface area contributed by atoms with Crippen LogP contribution in [0.1, 0.15) is 27.2 Å². The fourth-order valence-electron chi connectivity index (χ4n) is 2.23. The van der Waals surface area contributed by atoms with Gasteiger partial charge in [-0.15, -0.1) is 0 Å². The van der Waals surface area contributed by atoms with Crippen molar-refractivity contribution in [2.24, 2.45) is 0 Å². The zero-order valence-corrected chi connectivity index (χ0v) is 14.0. The van der Waals surface area contributed by atoms with Gasteiger partial charge in [0, 0.05) is 25.4 Å². The summed E-state index contributed by atoms with van der Waals surface area (Å²) in [6, 6.07) is 2.71. The van der Waals surface area contributed by atoms with Crippen LogP contribution in [0.5, 0.6) is 0 Å². The highest BCUT2D eigenvalue weighted by Crippen LogP contribution is 2.26. The van der Waals surface area contributed by atoms with Gasteiger partial charge in [-0.1, -0.05) is 0 Å². The topological polar surface area (TPSA) is 103 Å². The number of rotatable bonds is 3. The summed E-state index contributed by atoms with van der Waals surface area (Å²) in [6.07, 6.45) is 1.40. The van der Waals surface area contributed by atoms with Gasteiger partial charge in [-0.05, 0) is 33.3 Å². The van der Waals surface area contributed by atoms with E-state index in [1.807, 2.05) is 0 Å². The van der Waals surface area contributed by atoms with Gasteiger partial charge in [-0.25, -0.2) is 9.78 Å². The molecule has 1 fully saturated rings. The van der Waals surface area contributed by atoms with Crippen molar-refractivity contribution in [3.8, 4) is 0 Å². The van der Waals surface area contributed by atoms with E-state index in [0.29, 0.717) is 13.0 Å². The minimum Gasteiger partial charge on any atom is -0.444 e. The minimum absolute atomic E-state index is 0.0476. The van der Waals surface area contributed by atoms with Crippen LogP contribution >= 0.6 is 0 Å². The number of pyridine rings is 1. The average Bonchev–Trinajstić information content (AvgIpc) is 2.94. The smallest absolute Gasteiger partial charge is 0.410 e. The molecule has 0 bridgehead atoms. The highest BCUT2D eigenvalue weighted by Gasteiger charge is 2.35. The maximum Gasteiger partial charge on any atom is 0.410 e. The van der Waals surface area contributed by atoms with Crippen molar-refractivity contribution < 1.29 is 18.7 Å². The molecule has 9 heteroatoms. The zero-order chi connectivity index (χ0) is 17.2. The van der Waals surface area contributed by atoms with Crippen molar-refractivity contribution in [2.75, 3.05) is 13.1 Å². The van der Waals surface area contributed by atoms with Crippen LogP contribution in [0.3, 0.4) is 0 Å². The summed E-state index contributed by atoms with van der Waals surface area (Å²) in [6.45, 7) is 5.96. The Morgan fingerprint density at radius 2 is 2.22 bits per heavy atom. The van der Waals surface area contributed by atoms with Crippen molar-refractivity contribution >= 4 is 22.6 Å². The van der Waals surface area contributed by atoms with Gasteiger partial charge in [0.25, 0.3) is 0 Å². The predicted octanol–water partition coefficient (Wildman–Crippen LogP) is 2.11. The van der Waals surface area contributed by atoms with Crippen molar-refractivity contribution in [2.45, 2.75) is 43.1 Å². The predicted molar refractivity (Wildman–Crippen MR) is 83.5 cm³/mol. The summed E-state index contributed by atoms with van der Waals surface area (Å²) in [7, 11) is -1.65. The molecule has 1 amide bonds. The molecule has 2 rings (SSSR count). The number of carbonyl (C=O) groups excluding carboxylic acids is 1. The highest BCUT2D eigenvalue weighted by atomic mass is 32.2. The Balaban J connectivity index is 2.09. The number of hydrogen-bond acceptors (Lipinski definition) is 6. The molecule has 0 aromatic carbocycles. The third kappa shape index (κ3) is 4.25. The molecular weight excluding hydrogens is 322 g/mol. The van der Waals surface area contributed by atoms with E-state index in [9.17, 15) is 19.1 Å². The van der Waals surface area contributed by atoms with Crippen molar-refractivity contribution in [1.29, 1.82) is 0 Å². The summed E-state index contributed by atoms with van der Waals surface area (Å²) >= 11 is 0. The molecule has 2 unspecified atom stereocenters. The van der Waals surface area contributed by atoms with E-state index in [1.165, 1.54) is 23.2 Å². The fraction of sp³-hybridized carbons (Fsp3) is 0.571. The maximum atomic E-state index is 12.6. The fourth-order valence-corrected chi connectivity index (χ4v) is 3.69. The lowest BCUT2D eigenvalue weighted by Crippen LogP contribution is -2.36. The van der Waals surface area contributed by atoms with Gasteiger partial charge in [-0.2, -0.15) is 0 Å². The summed E-state index contributed by atoms with van der Waals surface area (Å²) in [5.41, 5.74) is -0.866. The second-order valence-corrected chi connectivity index (χ2v) is 7.87. The minimum atomic E-state index is -1.65. The van der Waals surface area contributed by atoms with Gasteiger partial charge in [0.1, 0.15) is 5.60 Å². The molecule has 8 nitrogen and oxygen atoms in total. The molecule has 1 saturated heterocycles. The van der Waals surface area contributed by atoms with E-state index in [-0.39, 0.29) is 17.3 Å². The molecule has 1 aliphatic rings. The lowest BCUT2D eigenvalue weighted by molar-refractivity contribution is -0.388. The molecule has 126 valence electrons. The van der Waals surface area contributed by atoms with E-state index >= 15 is 0 Å². The van der Waals surface area contributed by atoms with Crippen LogP contribution in [0, 0.1) is 10.1 Å². The van der Waals surface area contributed by atoms with Crippen molar-refractivity contribution in [3.63, 3.8) is 0 Å². The van der Waals surface area contributed by atoms with Gasteiger partial charge >= 0.3 is 11.8 Å². The van der Waals surface area contributed by atoms with E-state index in [2.05, 4.69) is 4.98 Å². The van der Waals surface area contributed by atoms with Crippen LogP contribution in [0.15, 0.2) is 23.4 Å². The summed E-state index contributed by atoms with van der Waals surface area (Å²) in [4.78, 5) is 27.8. The second kappa shape index (κ2) is 6.61. The highest BCUT2D eigenvalue weighted by molar-refractivity contribution is 7.85. The Morgan fingerprint density at radius 3 is 2.83 bits per heavy atom. The SMILES string of the molecule is CC(C)(C)OC(=O)N1CCC(S(=O)c2ncccc2[N+](=O)[O-])C1. The Hall–Kier alpha value is -2.03. The zero-order valence-electron chi connectivity index (χ0n) is 13.2. The first-order valence-electron chi connectivity index (χ1n) is 7.17. The van der Waals surface area contributed by atoms with Gasteiger partial charge in [-0.3, -0.25) is 14.3 Å². The molecular formula is C14H19N3O5S. The number of aromatic nitrogens is 1. The number of likely N-dealkylation sites (tertiary alicyclic amines) is 1. The lowest BCUT2D eigenvalue weighted by atomic mass is 10.2. The van der Waals surface area contributed by atoms with Crippen LogP contribution in [-0.2, 0) is 15.5 Å². The first-order chi connectivity index (χ1) is 10.7. The monoisotopic (exact) mass is 341 g/mol. The largest absolute Gasteiger partial charge is 0.444 e. The summed E-state index contributed by atoms with van der Waals surface area (Å²) in [5, 5.41) is 10.6. The molecule has 0 N–H and O–H groups in total. The van der Waals surface area contributed by atoms with Crippen molar-refractivity contribution in [3.05, 3.63) is 28.4 Å². The molecule has 1 aromatic heterocycles. The number of nitrogens with zero attached hydrogens (tertiary/aromatic N) is 3. The van der Waals surface area contributed by atoms with Crippen LogP contribution in [0.4, 0.5) is 10.5 Å². The van der Waals surface area contributed by atoms with Crippen LogP contribution in [0.2, 0.25) is 0 Å².